The summed E-state index contributed by atoms with van der Waals surface area (Å²) in [4.78, 5) is 7.32. The Balaban J connectivity index is 1.36. The number of benzene rings is 1. The lowest BCUT2D eigenvalue weighted by Gasteiger charge is -2.23. The summed E-state index contributed by atoms with van der Waals surface area (Å²) < 4.78 is 9.86. The number of likely N-dealkylation sites (tertiary alicyclic amines) is 1. The molecule has 2 aliphatic heterocycles. The summed E-state index contributed by atoms with van der Waals surface area (Å²) in [5.41, 5.74) is 3.90. The molecular formula is C21H25N5O. The minimum Gasteiger partial charge on any atom is -0.496 e. The third-order valence-electron chi connectivity index (χ3n) is 6.03. The largest absolute Gasteiger partial charge is 0.496 e. The highest BCUT2D eigenvalue weighted by Crippen LogP contribution is 2.43. The molecule has 0 radical (unpaired) electrons. The van der Waals surface area contributed by atoms with Crippen LogP contribution >= 0.6 is 0 Å². The molecule has 27 heavy (non-hydrogen) atoms. The Morgan fingerprint density at radius 3 is 2.89 bits per heavy atom. The molecule has 1 atom stereocenters. The van der Waals surface area contributed by atoms with Crippen molar-refractivity contribution in [3.8, 4) is 17.0 Å². The molecular weight excluding hydrogens is 338 g/mol. The Kier molecular flexibility index (Phi) is 3.82. The molecule has 2 aromatic heterocycles. The Hall–Kier alpha value is -2.60. The van der Waals surface area contributed by atoms with Crippen molar-refractivity contribution >= 4 is 0 Å². The number of hydrogen-bond acceptors (Lipinski definition) is 4. The Bertz CT molecular complexity index is 975. The number of para-hydroxylation sites is 1. The standard InChI is InChI=1S/C21H25N5O/c1-24-12-16(10-23-24)13-25-8-7-21(14-25)9-20-22-11-18(26(20)15-21)17-5-3-4-6-19(17)27-2/h3-6,10-12H,7-9,13-15H2,1-2H3/t21-/m1/s1. The van der Waals surface area contributed by atoms with Crippen molar-refractivity contribution in [1.82, 2.24) is 24.2 Å². The number of methoxy groups -OCH3 is 1. The number of nitrogens with zero attached hydrogens (tertiary/aromatic N) is 5. The van der Waals surface area contributed by atoms with Crippen molar-refractivity contribution in [1.29, 1.82) is 0 Å². The van der Waals surface area contributed by atoms with Crippen molar-refractivity contribution in [2.45, 2.75) is 25.9 Å². The Labute approximate surface area is 159 Å². The predicted molar refractivity (Wildman–Crippen MR) is 103 cm³/mol. The van der Waals surface area contributed by atoms with Crippen molar-refractivity contribution < 1.29 is 4.74 Å². The number of hydrogen-bond donors (Lipinski definition) is 0. The lowest BCUT2D eigenvalue weighted by Crippen LogP contribution is -2.28. The molecule has 5 rings (SSSR count). The van der Waals surface area contributed by atoms with Gasteiger partial charge in [-0.05, 0) is 25.1 Å². The molecule has 1 aromatic carbocycles. The van der Waals surface area contributed by atoms with E-state index in [1.807, 2.05) is 36.3 Å². The van der Waals surface area contributed by atoms with E-state index in [1.165, 1.54) is 23.5 Å². The maximum atomic E-state index is 5.57. The SMILES string of the molecule is COc1ccccc1-c1cnc2n1C[C@]1(CCN(Cc3cnn(C)c3)C1)C2. The van der Waals surface area contributed by atoms with Crippen LogP contribution in [0.3, 0.4) is 0 Å². The van der Waals surface area contributed by atoms with Crippen LogP contribution in [0.2, 0.25) is 0 Å². The van der Waals surface area contributed by atoms with E-state index in [9.17, 15) is 0 Å². The van der Waals surface area contributed by atoms with E-state index in [0.717, 1.165) is 43.9 Å². The molecule has 1 spiro atoms. The topological polar surface area (TPSA) is 48.1 Å². The van der Waals surface area contributed by atoms with Gasteiger partial charge in [-0.25, -0.2) is 4.98 Å². The molecule has 0 bridgehead atoms. The molecule has 2 aliphatic rings. The maximum absolute atomic E-state index is 5.57. The zero-order valence-electron chi connectivity index (χ0n) is 15.9. The van der Waals surface area contributed by atoms with E-state index in [0.29, 0.717) is 5.41 Å². The molecule has 1 saturated heterocycles. The van der Waals surface area contributed by atoms with E-state index in [1.54, 1.807) is 7.11 Å². The highest BCUT2D eigenvalue weighted by Gasteiger charge is 2.44. The number of imidazole rings is 1. The van der Waals surface area contributed by atoms with Gasteiger partial charge in [0.1, 0.15) is 11.6 Å². The van der Waals surface area contributed by atoms with E-state index < -0.39 is 0 Å². The average Bonchev–Trinajstić information content (AvgIpc) is 3.42. The summed E-state index contributed by atoms with van der Waals surface area (Å²) >= 11 is 0. The molecule has 4 heterocycles. The summed E-state index contributed by atoms with van der Waals surface area (Å²) in [7, 11) is 3.71. The minimum absolute atomic E-state index is 0.308. The van der Waals surface area contributed by atoms with Gasteiger partial charge in [0.15, 0.2) is 0 Å². The number of ether oxygens (including phenoxy) is 1. The fraction of sp³-hybridized carbons (Fsp3) is 0.429. The normalized spacial score (nSPS) is 21.9. The molecule has 6 nitrogen and oxygen atoms in total. The molecule has 0 unspecified atom stereocenters. The summed E-state index contributed by atoms with van der Waals surface area (Å²) in [6.45, 7) is 4.29. The van der Waals surface area contributed by atoms with Gasteiger partial charge in [-0.3, -0.25) is 9.58 Å². The zero-order chi connectivity index (χ0) is 18.4. The zero-order valence-corrected chi connectivity index (χ0v) is 15.9. The monoisotopic (exact) mass is 363 g/mol. The Morgan fingerprint density at radius 2 is 2.07 bits per heavy atom. The van der Waals surface area contributed by atoms with Gasteiger partial charge < -0.3 is 9.30 Å². The quantitative estimate of drug-likeness (QED) is 0.715. The molecule has 1 fully saturated rings. The predicted octanol–water partition coefficient (Wildman–Crippen LogP) is 2.74. The van der Waals surface area contributed by atoms with Crippen LogP contribution in [0.1, 0.15) is 17.8 Å². The lowest BCUT2D eigenvalue weighted by atomic mass is 9.86. The van der Waals surface area contributed by atoms with Gasteiger partial charge in [0.2, 0.25) is 0 Å². The van der Waals surface area contributed by atoms with Gasteiger partial charge in [0.05, 0.1) is 25.2 Å². The number of aryl methyl sites for hydroxylation is 1. The van der Waals surface area contributed by atoms with Gasteiger partial charge >= 0.3 is 0 Å². The van der Waals surface area contributed by atoms with Gasteiger partial charge in [0.25, 0.3) is 0 Å². The van der Waals surface area contributed by atoms with E-state index in [-0.39, 0.29) is 0 Å². The summed E-state index contributed by atoms with van der Waals surface area (Å²) in [5, 5.41) is 4.30. The van der Waals surface area contributed by atoms with Crippen molar-refractivity contribution in [2.75, 3.05) is 20.2 Å². The highest BCUT2D eigenvalue weighted by molar-refractivity contribution is 5.67. The van der Waals surface area contributed by atoms with Crippen LogP contribution in [0.15, 0.2) is 42.9 Å². The molecule has 6 heteroatoms. The number of aromatic nitrogens is 4. The molecule has 140 valence electrons. The molecule has 3 aromatic rings. The second-order valence-electron chi connectivity index (χ2n) is 8.01. The van der Waals surface area contributed by atoms with Crippen molar-refractivity contribution in [3.63, 3.8) is 0 Å². The fourth-order valence-corrected chi connectivity index (χ4v) is 4.78. The molecule has 0 aliphatic carbocycles. The van der Waals surface area contributed by atoms with Gasteiger partial charge in [-0.15, -0.1) is 0 Å². The highest BCUT2D eigenvalue weighted by atomic mass is 16.5. The summed E-state index contributed by atoms with van der Waals surface area (Å²) in [5.74, 6) is 2.12. The molecule has 0 N–H and O–H groups in total. The molecule has 0 saturated carbocycles. The van der Waals surface area contributed by atoms with Crippen LogP contribution in [0.25, 0.3) is 11.3 Å². The summed E-state index contributed by atoms with van der Waals surface area (Å²) in [6, 6.07) is 8.22. The smallest absolute Gasteiger partial charge is 0.128 e. The van der Waals surface area contributed by atoms with Crippen LogP contribution in [-0.2, 0) is 26.6 Å². The third kappa shape index (κ3) is 2.84. The fourth-order valence-electron chi connectivity index (χ4n) is 4.78. The number of fused-ring (bicyclic) bond motifs is 1. The Morgan fingerprint density at radius 1 is 1.19 bits per heavy atom. The second kappa shape index (κ2) is 6.23. The van der Waals surface area contributed by atoms with Crippen LogP contribution in [0, 0.1) is 5.41 Å². The average molecular weight is 363 g/mol. The lowest BCUT2D eigenvalue weighted by molar-refractivity contribution is 0.247. The van der Waals surface area contributed by atoms with Gasteiger partial charge in [0, 0.05) is 55.8 Å². The molecule has 0 amide bonds. The second-order valence-corrected chi connectivity index (χ2v) is 8.01. The first-order valence-corrected chi connectivity index (χ1v) is 9.53. The third-order valence-corrected chi connectivity index (χ3v) is 6.03. The van der Waals surface area contributed by atoms with Crippen LogP contribution in [-0.4, -0.2) is 44.4 Å². The number of rotatable bonds is 4. The van der Waals surface area contributed by atoms with Gasteiger partial charge in [-0.1, -0.05) is 12.1 Å². The first-order valence-electron chi connectivity index (χ1n) is 9.53. The van der Waals surface area contributed by atoms with Crippen LogP contribution in [0.4, 0.5) is 0 Å². The van der Waals surface area contributed by atoms with Crippen molar-refractivity contribution in [2.24, 2.45) is 12.5 Å². The summed E-state index contributed by atoms with van der Waals surface area (Å²) in [6.07, 6.45) is 8.38. The maximum Gasteiger partial charge on any atom is 0.128 e. The minimum atomic E-state index is 0.308. The van der Waals surface area contributed by atoms with E-state index in [2.05, 4.69) is 32.9 Å². The van der Waals surface area contributed by atoms with E-state index >= 15 is 0 Å². The van der Waals surface area contributed by atoms with Gasteiger partial charge in [-0.2, -0.15) is 5.10 Å². The van der Waals surface area contributed by atoms with Crippen LogP contribution in [0.5, 0.6) is 5.75 Å². The van der Waals surface area contributed by atoms with Crippen LogP contribution < -0.4 is 4.74 Å². The first kappa shape index (κ1) is 16.6. The van der Waals surface area contributed by atoms with E-state index in [4.69, 9.17) is 9.72 Å². The first-order chi connectivity index (χ1) is 13.2. The van der Waals surface area contributed by atoms with Crippen molar-refractivity contribution in [3.05, 3.63) is 54.2 Å².